The summed E-state index contributed by atoms with van der Waals surface area (Å²) in [4.78, 5) is 30.2. The molecule has 2 aromatic rings. The molecule has 3 aliphatic rings. The standard InChI is InChI=1S/C19H24N6O3/c26-18-2-3-24(19(27)21-18)17-10-20-25-4-1-14(9-16(17)25)11-22-5-6-23-7-8-28-13-15(23)12-22/h1,4,9-10,15H,2-3,5-8,11-13H2,(H,21,26,27)/t15-/m0/s1. The summed E-state index contributed by atoms with van der Waals surface area (Å²) >= 11 is 0. The molecular weight excluding hydrogens is 360 g/mol. The van der Waals surface area contributed by atoms with Gasteiger partial charge in [-0.1, -0.05) is 0 Å². The third-order valence-corrected chi connectivity index (χ3v) is 5.84. The van der Waals surface area contributed by atoms with Gasteiger partial charge in [0.15, 0.2) is 0 Å². The number of nitrogens with one attached hydrogen (secondary N) is 1. The zero-order chi connectivity index (χ0) is 19.1. The zero-order valence-electron chi connectivity index (χ0n) is 15.7. The lowest BCUT2D eigenvalue weighted by Gasteiger charge is -2.43. The van der Waals surface area contributed by atoms with Crippen molar-refractivity contribution < 1.29 is 14.3 Å². The Kier molecular flexibility index (Phi) is 4.50. The fraction of sp³-hybridized carbons (Fsp3) is 0.526. The van der Waals surface area contributed by atoms with Crippen molar-refractivity contribution in [2.75, 3.05) is 50.8 Å². The fourth-order valence-corrected chi connectivity index (χ4v) is 4.32. The summed E-state index contributed by atoms with van der Waals surface area (Å²) in [6.45, 7) is 7.05. The minimum atomic E-state index is -0.384. The SMILES string of the molecule is O=C1CCN(c2cnn3ccc(CN4CCN5CCOC[C@@H]5C4)cc23)C(=O)N1. The van der Waals surface area contributed by atoms with Crippen molar-refractivity contribution >= 4 is 23.1 Å². The largest absolute Gasteiger partial charge is 0.378 e. The number of rotatable bonds is 3. The molecule has 1 atom stereocenters. The summed E-state index contributed by atoms with van der Waals surface area (Å²) in [7, 11) is 0. The molecule has 0 radical (unpaired) electrons. The van der Waals surface area contributed by atoms with E-state index in [1.807, 2.05) is 6.20 Å². The van der Waals surface area contributed by atoms with E-state index in [0.29, 0.717) is 19.0 Å². The van der Waals surface area contributed by atoms with Crippen LogP contribution >= 0.6 is 0 Å². The molecule has 0 saturated carbocycles. The fourth-order valence-electron chi connectivity index (χ4n) is 4.32. The van der Waals surface area contributed by atoms with Crippen molar-refractivity contribution in [1.29, 1.82) is 0 Å². The molecule has 3 saturated heterocycles. The van der Waals surface area contributed by atoms with Crippen molar-refractivity contribution in [3.8, 4) is 0 Å². The van der Waals surface area contributed by atoms with E-state index in [1.54, 1.807) is 15.6 Å². The number of pyridine rings is 1. The van der Waals surface area contributed by atoms with Gasteiger partial charge in [0.2, 0.25) is 5.91 Å². The second-order valence-electron chi connectivity index (χ2n) is 7.65. The van der Waals surface area contributed by atoms with Gasteiger partial charge in [-0.05, 0) is 17.7 Å². The maximum Gasteiger partial charge on any atom is 0.328 e. The Morgan fingerprint density at radius 1 is 1.21 bits per heavy atom. The van der Waals surface area contributed by atoms with Gasteiger partial charge in [-0.2, -0.15) is 5.10 Å². The number of anilines is 1. The van der Waals surface area contributed by atoms with Crippen LogP contribution in [0.1, 0.15) is 12.0 Å². The Balaban J connectivity index is 1.35. The van der Waals surface area contributed by atoms with Crippen LogP contribution in [0.15, 0.2) is 24.5 Å². The number of ether oxygens (including phenoxy) is 1. The van der Waals surface area contributed by atoms with E-state index in [0.717, 1.165) is 57.1 Å². The minimum absolute atomic E-state index is 0.232. The van der Waals surface area contributed by atoms with E-state index in [-0.39, 0.29) is 11.9 Å². The Hall–Kier alpha value is -2.49. The number of piperazine rings is 1. The van der Waals surface area contributed by atoms with Crippen molar-refractivity contribution in [3.05, 3.63) is 30.1 Å². The molecule has 3 aliphatic heterocycles. The lowest BCUT2D eigenvalue weighted by Crippen LogP contribution is -2.57. The molecule has 0 aromatic carbocycles. The van der Waals surface area contributed by atoms with Gasteiger partial charge in [0.05, 0.1) is 30.6 Å². The van der Waals surface area contributed by atoms with Crippen LogP contribution in [0.4, 0.5) is 10.5 Å². The van der Waals surface area contributed by atoms with Crippen LogP contribution in [0.3, 0.4) is 0 Å². The second-order valence-corrected chi connectivity index (χ2v) is 7.65. The van der Waals surface area contributed by atoms with E-state index in [2.05, 4.69) is 32.3 Å². The molecule has 3 fully saturated rings. The summed E-state index contributed by atoms with van der Waals surface area (Å²) < 4.78 is 7.41. The Morgan fingerprint density at radius 3 is 3.04 bits per heavy atom. The van der Waals surface area contributed by atoms with Gasteiger partial charge in [-0.25, -0.2) is 9.31 Å². The number of nitrogens with zero attached hydrogens (tertiary/aromatic N) is 5. The monoisotopic (exact) mass is 384 g/mol. The summed E-state index contributed by atoms with van der Waals surface area (Å²) in [5.41, 5.74) is 2.80. The predicted octanol–water partition coefficient (Wildman–Crippen LogP) is 0.297. The van der Waals surface area contributed by atoms with Crippen molar-refractivity contribution in [1.82, 2.24) is 24.7 Å². The van der Waals surface area contributed by atoms with Crippen LogP contribution in [0.5, 0.6) is 0 Å². The maximum atomic E-state index is 12.2. The summed E-state index contributed by atoms with van der Waals surface area (Å²) in [5, 5.41) is 6.74. The van der Waals surface area contributed by atoms with Gasteiger partial charge < -0.3 is 4.74 Å². The number of hydrogen-bond donors (Lipinski definition) is 1. The van der Waals surface area contributed by atoms with Gasteiger partial charge in [-0.15, -0.1) is 0 Å². The van der Waals surface area contributed by atoms with Gasteiger partial charge in [0, 0.05) is 57.9 Å². The van der Waals surface area contributed by atoms with Crippen LogP contribution in [0.2, 0.25) is 0 Å². The highest BCUT2D eigenvalue weighted by Crippen LogP contribution is 2.25. The topological polar surface area (TPSA) is 82.4 Å². The smallest absolute Gasteiger partial charge is 0.328 e. The lowest BCUT2D eigenvalue weighted by atomic mass is 10.1. The van der Waals surface area contributed by atoms with E-state index in [1.165, 1.54) is 5.56 Å². The highest BCUT2D eigenvalue weighted by atomic mass is 16.5. The van der Waals surface area contributed by atoms with Gasteiger partial charge in [0.25, 0.3) is 0 Å². The van der Waals surface area contributed by atoms with E-state index < -0.39 is 0 Å². The summed E-state index contributed by atoms with van der Waals surface area (Å²) in [5.74, 6) is -0.232. The quantitative estimate of drug-likeness (QED) is 0.820. The van der Waals surface area contributed by atoms with Crippen molar-refractivity contribution in [3.63, 3.8) is 0 Å². The summed E-state index contributed by atoms with van der Waals surface area (Å²) in [6.07, 6.45) is 3.92. The average molecular weight is 384 g/mol. The van der Waals surface area contributed by atoms with E-state index in [9.17, 15) is 9.59 Å². The molecule has 0 aliphatic carbocycles. The van der Waals surface area contributed by atoms with Crippen LogP contribution in [0, 0.1) is 0 Å². The molecule has 5 rings (SSSR count). The van der Waals surface area contributed by atoms with Crippen LogP contribution in [-0.2, 0) is 16.1 Å². The molecule has 148 valence electrons. The molecule has 5 heterocycles. The van der Waals surface area contributed by atoms with E-state index in [4.69, 9.17) is 4.74 Å². The van der Waals surface area contributed by atoms with E-state index >= 15 is 0 Å². The molecule has 9 nitrogen and oxygen atoms in total. The molecular formula is C19H24N6O3. The van der Waals surface area contributed by atoms with Crippen LogP contribution < -0.4 is 10.2 Å². The van der Waals surface area contributed by atoms with Gasteiger partial charge in [0.1, 0.15) is 0 Å². The number of morpholine rings is 1. The first-order valence-corrected chi connectivity index (χ1v) is 9.79. The first-order valence-electron chi connectivity index (χ1n) is 9.79. The van der Waals surface area contributed by atoms with Crippen LogP contribution in [0.25, 0.3) is 5.52 Å². The first kappa shape index (κ1) is 17.6. The number of imide groups is 1. The number of aromatic nitrogens is 2. The molecule has 1 N–H and O–H groups in total. The molecule has 0 spiro atoms. The Bertz CT molecular complexity index is 912. The molecule has 0 unspecified atom stereocenters. The molecule has 3 amide bonds. The summed E-state index contributed by atoms with van der Waals surface area (Å²) in [6, 6.07) is 4.26. The Morgan fingerprint density at radius 2 is 2.14 bits per heavy atom. The number of carbonyl (C=O) groups is 2. The molecule has 0 bridgehead atoms. The highest BCUT2D eigenvalue weighted by Gasteiger charge is 2.30. The number of fused-ring (bicyclic) bond motifs is 2. The van der Waals surface area contributed by atoms with Crippen molar-refractivity contribution in [2.45, 2.75) is 19.0 Å². The third kappa shape index (κ3) is 3.25. The van der Waals surface area contributed by atoms with Crippen LogP contribution in [-0.4, -0.2) is 83.3 Å². The molecule has 2 aromatic heterocycles. The number of hydrogen-bond acceptors (Lipinski definition) is 6. The Labute approximate surface area is 162 Å². The zero-order valence-corrected chi connectivity index (χ0v) is 15.7. The lowest BCUT2D eigenvalue weighted by molar-refractivity contribution is -0.120. The molecule has 9 heteroatoms. The van der Waals surface area contributed by atoms with Gasteiger partial charge in [-0.3, -0.25) is 24.8 Å². The minimum Gasteiger partial charge on any atom is -0.378 e. The first-order chi connectivity index (χ1) is 13.7. The highest BCUT2D eigenvalue weighted by molar-refractivity contribution is 6.07. The number of amides is 3. The van der Waals surface area contributed by atoms with Gasteiger partial charge >= 0.3 is 6.03 Å². The predicted molar refractivity (Wildman–Crippen MR) is 102 cm³/mol. The normalized spacial score (nSPS) is 24.4. The number of carbonyl (C=O) groups excluding carboxylic acids is 2. The maximum absolute atomic E-state index is 12.2. The number of urea groups is 1. The second kappa shape index (κ2) is 7.16. The van der Waals surface area contributed by atoms with Crippen molar-refractivity contribution in [2.24, 2.45) is 0 Å². The average Bonchev–Trinajstić information content (AvgIpc) is 3.11. The molecule has 28 heavy (non-hydrogen) atoms. The third-order valence-electron chi connectivity index (χ3n) is 5.84.